The van der Waals surface area contributed by atoms with E-state index < -0.39 is 20.6 Å². The summed E-state index contributed by atoms with van der Waals surface area (Å²) in [6.07, 6.45) is 10.5. The van der Waals surface area contributed by atoms with Gasteiger partial charge in [0.25, 0.3) is 0 Å². The van der Waals surface area contributed by atoms with E-state index in [4.69, 9.17) is 4.89 Å². The van der Waals surface area contributed by atoms with Gasteiger partial charge in [0.2, 0.25) is 0 Å². The number of rotatable bonds is 12. The van der Waals surface area contributed by atoms with Gasteiger partial charge in [0.05, 0.1) is 5.40 Å². The smallest absolute Gasteiger partial charge is 0.810 e. The van der Waals surface area contributed by atoms with Crippen molar-refractivity contribution < 1.29 is 117 Å². The molecule has 0 aromatic carbocycles. The second kappa shape index (κ2) is 19.9. The average molecular weight is 474 g/mol. The first kappa shape index (κ1) is 38.8. The van der Waals surface area contributed by atoms with Gasteiger partial charge in [-0.05, 0) is 72.6 Å². The fourth-order valence-corrected chi connectivity index (χ4v) is 4.93. The van der Waals surface area contributed by atoms with Crippen molar-refractivity contribution in [2.24, 2.45) is 0 Å². The predicted molar refractivity (Wildman–Crippen MR) is 100 cm³/mol. The third-order valence-corrected chi connectivity index (χ3v) is 7.75. The maximum Gasteiger partial charge on any atom is 1.00 e. The van der Waals surface area contributed by atoms with Crippen LogP contribution in [0.4, 0.5) is 0 Å². The van der Waals surface area contributed by atoms with Crippen LogP contribution in [0.3, 0.4) is 0 Å². The topological polar surface area (TPSA) is 124 Å². The third-order valence-electron chi connectivity index (χ3n) is 4.02. The van der Waals surface area contributed by atoms with Crippen LogP contribution in [0, 0.1) is 0 Å². The summed E-state index contributed by atoms with van der Waals surface area (Å²) < 4.78 is 21.9. The summed E-state index contributed by atoms with van der Waals surface area (Å²) >= 11 is 0. The Morgan fingerprint density at radius 1 is 0.828 bits per heavy atom. The van der Waals surface area contributed by atoms with Gasteiger partial charge in [-0.25, -0.2) is 0 Å². The van der Waals surface area contributed by atoms with Crippen molar-refractivity contribution in [1.82, 2.24) is 0 Å². The summed E-state index contributed by atoms with van der Waals surface area (Å²) in [5.41, 5.74) is 3.78. The molecule has 0 rings (SSSR count). The summed E-state index contributed by atoms with van der Waals surface area (Å²) in [4.78, 5) is 41.8. The Labute approximate surface area is 242 Å². The van der Waals surface area contributed by atoms with Gasteiger partial charge in [0.1, 0.15) is 7.60 Å². The van der Waals surface area contributed by atoms with Gasteiger partial charge in [0.15, 0.2) is 0 Å². The van der Waals surface area contributed by atoms with Crippen LogP contribution in [0.25, 0.3) is 0 Å². The van der Waals surface area contributed by atoms with Crippen LogP contribution >= 0.6 is 15.2 Å². The maximum absolute atomic E-state index is 11.0. The molecule has 0 aromatic heterocycles. The Morgan fingerprint density at radius 2 is 1.24 bits per heavy atom. The van der Waals surface area contributed by atoms with Crippen LogP contribution in [-0.4, -0.2) is 10.3 Å². The summed E-state index contributed by atoms with van der Waals surface area (Å²) in [7, 11) is -10.5. The van der Waals surface area contributed by atoms with E-state index in [9.17, 15) is 23.8 Å². The summed E-state index contributed by atoms with van der Waals surface area (Å²) in [6, 6.07) is 0. The van der Waals surface area contributed by atoms with Crippen LogP contribution in [0.2, 0.25) is 0 Å². The van der Waals surface area contributed by atoms with Crippen molar-refractivity contribution in [3.8, 4) is 0 Å². The molecule has 0 aliphatic heterocycles. The molecule has 0 bridgehead atoms. The first-order valence-electron chi connectivity index (χ1n) is 8.84. The molecule has 0 aromatic rings. The van der Waals surface area contributed by atoms with E-state index in [-0.39, 0.29) is 102 Å². The molecule has 0 saturated carbocycles. The SMILES string of the molecule is CC(C)=CCC/C(C)=C/CC/C(C)=C/CCCC(P(=O)([O-])[O-])P(=O)([O-])O.[Na+].[Na+].[Na+]. The first-order chi connectivity index (χ1) is 11.8. The van der Waals surface area contributed by atoms with E-state index >= 15 is 0 Å². The van der Waals surface area contributed by atoms with Gasteiger partial charge < -0.3 is 28.7 Å². The van der Waals surface area contributed by atoms with Crippen molar-refractivity contribution in [3.63, 3.8) is 0 Å². The van der Waals surface area contributed by atoms with E-state index in [0.717, 1.165) is 31.3 Å². The zero-order valence-electron chi connectivity index (χ0n) is 19.1. The standard InChI is InChI=1S/C18H34O6P2.3Na/c1-15(2)9-7-11-17(4)13-8-12-16(3)10-5-6-14-18(25(19,20)21)26(22,23)24;;;/h9-10,13,18H,5-8,11-12,14H2,1-4H3,(H2,19,20,21)(H2,22,23,24);;;/q;3*+1/p-3/b16-10+,17-13+;;;. The molecule has 6 nitrogen and oxygen atoms in total. The van der Waals surface area contributed by atoms with E-state index in [1.807, 2.05) is 13.0 Å². The van der Waals surface area contributed by atoms with E-state index in [1.165, 1.54) is 11.1 Å². The Bertz CT molecular complexity index is 597. The molecule has 0 aliphatic carbocycles. The van der Waals surface area contributed by atoms with Crippen molar-refractivity contribution in [2.45, 2.75) is 78.0 Å². The second-order valence-electron chi connectivity index (χ2n) is 6.98. The molecule has 0 amide bonds. The number of allylic oxidation sites excluding steroid dienone is 6. The minimum Gasteiger partial charge on any atom is -0.810 e. The van der Waals surface area contributed by atoms with Crippen LogP contribution in [0.15, 0.2) is 34.9 Å². The Hall–Kier alpha value is 2.52. The van der Waals surface area contributed by atoms with Gasteiger partial charge in [-0.3, -0.25) is 0 Å². The quantitative estimate of drug-likeness (QED) is 0.130. The van der Waals surface area contributed by atoms with Crippen LogP contribution in [0.5, 0.6) is 0 Å². The minimum absolute atomic E-state index is 0. The fraction of sp³-hybridized carbons (Fsp3) is 0.667. The predicted octanol–water partition coefficient (Wildman–Crippen LogP) is -5.63. The molecule has 152 valence electrons. The average Bonchev–Trinajstić information content (AvgIpc) is 2.43. The molecule has 1 N–H and O–H groups in total. The van der Waals surface area contributed by atoms with Crippen LogP contribution in [0.1, 0.15) is 72.6 Å². The largest absolute Gasteiger partial charge is 1.00 e. The first-order valence-corrected chi connectivity index (χ1v) is 12.1. The zero-order chi connectivity index (χ0) is 20.4. The van der Waals surface area contributed by atoms with E-state index in [1.54, 1.807) is 0 Å². The van der Waals surface area contributed by atoms with Gasteiger partial charge in [-0.2, -0.15) is 0 Å². The fourth-order valence-electron chi connectivity index (χ4n) is 2.49. The van der Waals surface area contributed by atoms with Crippen molar-refractivity contribution >= 4 is 15.2 Å². The molecule has 2 unspecified atom stereocenters. The van der Waals surface area contributed by atoms with Gasteiger partial charge >= 0.3 is 88.7 Å². The summed E-state index contributed by atoms with van der Waals surface area (Å²) in [5, 5.41) is -2.23. The van der Waals surface area contributed by atoms with Crippen molar-refractivity contribution in [2.75, 3.05) is 0 Å². The monoisotopic (exact) mass is 474 g/mol. The van der Waals surface area contributed by atoms with Crippen LogP contribution in [-0.2, 0) is 9.13 Å². The van der Waals surface area contributed by atoms with E-state index in [2.05, 4.69) is 32.9 Å². The van der Waals surface area contributed by atoms with Gasteiger partial charge in [-0.1, -0.05) is 42.5 Å². The minimum atomic E-state index is -5.36. The molecular formula is C18H31Na3O6P2. The molecule has 0 fully saturated rings. The second-order valence-corrected chi connectivity index (χ2v) is 10.8. The number of unbranched alkanes of at least 4 members (excludes halogenated alkanes) is 1. The summed E-state index contributed by atoms with van der Waals surface area (Å²) in [5.74, 6) is 0. The van der Waals surface area contributed by atoms with Crippen LogP contribution < -0.4 is 103 Å². The molecule has 0 aliphatic rings. The molecule has 29 heavy (non-hydrogen) atoms. The Kier molecular flexibility index (Phi) is 26.7. The third kappa shape index (κ3) is 22.1. The molecule has 0 spiro atoms. The van der Waals surface area contributed by atoms with Gasteiger partial charge in [0, 0.05) is 0 Å². The Morgan fingerprint density at radius 3 is 1.62 bits per heavy atom. The number of hydrogen-bond acceptors (Lipinski definition) is 5. The molecule has 0 saturated heterocycles. The normalized spacial score (nSPS) is 15.2. The number of hydrogen-bond donors (Lipinski definition) is 1. The molecular weight excluding hydrogens is 443 g/mol. The zero-order valence-corrected chi connectivity index (χ0v) is 26.9. The van der Waals surface area contributed by atoms with E-state index in [0.29, 0.717) is 6.42 Å². The van der Waals surface area contributed by atoms with Crippen molar-refractivity contribution in [3.05, 3.63) is 34.9 Å². The molecule has 0 radical (unpaired) electrons. The molecule has 11 heteroatoms. The maximum atomic E-state index is 11.0. The van der Waals surface area contributed by atoms with Crippen molar-refractivity contribution in [1.29, 1.82) is 0 Å². The Balaban J connectivity index is -0.00000104. The molecule has 2 atom stereocenters. The van der Waals surface area contributed by atoms with Gasteiger partial charge in [-0.15, -0.1) is 0 Å². The summed E-state index contributed by atoms with van der Waals surface area (Å²) in [6.45, 7) is 8.23. The molecule has 0 heterocycles.